The van der Waals surface area contributed by atoms with E-state index >= 15 is 0 Å². The molecule has 0 aliphatic rings. The molecule has 0 spiro atoms. The van der Waals surface area contributed by atoms with Gasteiger partial charge in [0, 0.05) is 10.7 Å². The van der Waals surface area contributed by atoms with Gasteiger partial charge < -0.3 is 5.43 Å². The standard InChI is InChI=1S/C18H15ClN2O2S/c19-15-5-1-13(2-6-15)14-3-9-17(10-4-14)24(22,23)18-11-7-16(21-20)8-12-18/h1-12,21H,20H2. The molecule has 0 saturated heterocycles. The van der Waals surface area contributed by atoms with Crippen LogP contribution in [-0.4, -0.2) is 8.42 Å². The third-order valence-electron chi connectivity index (χ3n) is 3.67. The average molecular weight is 359 g/mol. The van der Waals surface area contributed by atoms with Crippen molar-refractivity contribution in [2.75, 3.05) is 5.43 Å². The summed E-state index contributed by atoms with van der Waals surface area (Å²) in [6.45, 7) is 0. The van der Waals surface area contributed by atoms with Crippen molar-refractivity contribution in [3.05, 3.63) is 77.8 Å². The van der Waals surface area contributed by atoms with E-state index in [2.05, 4.69) is 5.43 Å². The van der Waals surface area contributed by atoms with Gasteiger partial charge in [-0.05, 0) is 59.7 Å². The van der Waals surface area contributed by atoms with Gasteiger partial charge in [-0.2, -0.15) is 0 Å². The minimum atomic E-state index is -3.56. The quantitative estimate of drug-likeness (QED) is 0.543. The Morgan fingerprint density at radius 3 is 1.58 bits per heavy atom. The second-order valence-corrected chi connectivity index (χ2v) is 7.59. The van der Waals surface area contributed by atoms with E-state index in [0.29, 0.717) is 10.7 Å². The number of nitrogens with one attached hydrogen (secondary N) is 1. The van der Waals surface area contributed by atoms with Crippen molar-refractivity contribution in [2.45, 2.75) is 9.79 Å². The molecule has 0 saturated carbocycles. The van der Waals surface area contributed by atoms with Crippen molar-refractivity contribution in [3.63, 3.8) is 0 Å². The highest BCUT2D eigenvalue weighted by Crippen LogP contribution is 2.26. The number of hydrogen-bond donors (Lipinski definition) is 2. The predicted octanol–water partition coefficient (Wildman–Crippen LogP) is 4.13. The van der Waals surface area contributed by atoms with Crippen LogP contribution in [0.3, 0.4) is 0 Å². The zero-order valence-electron chi connectivity index (χ0n) is 12.6. The van der Waals surface area contributed by atoms with Gasteiger partial charge in [0.15, 0.2) is 0 Å². The van der Waals surface area contributed by atoms with Crippen molar-refractivity contribution in [2.24, 2.45) is 5.84 Å². The molecule has 3 N–H and O–H groups in total. The third-order valence-corrected chi connectivity index (χ3v) is 5.71. The molecule has 0 aliphatic heterocycles. The molecule has 0 bridgehead atoms. The van der Waals surface area contributed by atoms with Crippen LogP contribution in [0, 0.1) is 0 Å². The van der Waals surface area contributed by atoms with E-state index in [1.807, 2.05) is 12.1 Å². The summed E-state index contributed by atoms with van der Waals surface area (Å²) in [5.41, 5.74) is 5.01. The van der Waals surface area contributed by atoms with Crippen molar-refractivity contribution in [1.82, 2.24) is 0 Å². The van der Waals surface area contributed by atoms with E-state index in [4.69, 9.17) is 17.4 Å². The molecule has 0 fully saturated rings. The summed E-state index contributed by atoms with van der Waals surface area (Å²) in [5, 5.41) is 0.661. The number of anilines is 1. The van der Waals surface area contributed by atoms with Gasteiger partial charge in [0.05, 0.1) is 9.79 Å². The molecule has 0 amide bonds. The number of hydrazine groups is 1. The van der Waals surface area contributed by atoms with Gasteiger partial charge >= 0.3 is 0 Å². The van der Waals surface area contributed by atoms with Crippen LogP contribution < -0.4 is 11.3 Å². The number of rotatable bonds is 4. The highest BCUT2D eigenvalue weighted by Gasteiger charge is 2.17. The Bertz CT molecular complexity index is 936. The van der Waals surface area contributed by atoms with Crippen LogP contribution >= 0.6 is 11.6 Å². The van der Waals surface area contributed by atoms with Gasteiger partial charge in [0.25, 0.3) is 0 Å². The van der Waals surface area contributed by atoms with Crippen LogP contribution in [0.25, 0.3) is 11.1 Å². The SMILES string of the molecule is NNc1ccc(S(=O)(=O)c2ccc(-c3ccc(Cl)cc3)cc2)cc1. The minimum absolute atomic E-state index is 0.223. The highest BCUT2D eigenvalue weighted by atomic mass is 35.5. The minimum Gasteiger partial charge on any atom is -0.324 e. The molecule has 0 unspecified atom stereocenters. The van der Waals surface area contributed by atoms with Crippen LogP contribution in [0.5, 0.6) is 0 Å². The Hall–Kier alpha value is -2.34. The summed E-state index contributed by atoms with van der Waals surface area (Å²) in [5.74, 6) is 5.29. The number of sulfone groups is 1. The van der Waals surface area contributed by atoms with E-state index in [0.717, 1.165) is 11.1 Å². The number of nitrogen functional groups attached to an aromatic ring is 1. The van der Waals surface area contributed by atoms with Gasteiger partial charge in [0.2, 0.25) is 9.84 Å². The molecule has 0 atom stereocenters. The molecule has 24 heavy (non-hydrogen) atoms. The monoisotopic (exact) mass is 358 g/mol. The number of benzene rings is 3. The lowest BCUT2D eigenvalue weighted by Crippen LogP contribution is -2.07. The maximum Gasteiger partial charge on any atom is 0.206 e. The van der Waals surface area contributed by atoms with Crippen LogP contribution in [0.1, 0.15) is 0 Å². The highest BCUT2D eigenvalue weighted by molar-refractivity contribution is 7.91. The Kier molecular flexibility index (Phi) is 4.57. The van der Waals surface area contributed by atoms with Gasteiger partial charge in [-0.1, -0.05) is 35.9 Å². The molecule has 0 aromatic heterocycles. The molecule has 0 aliphatic carbocycles. The Balaban J connectivity index is 1.92. The van der Waals surface area contributed by atoms with Crippen molar-refractivity contribution < 1.29 is 8.42 Å². The molecule has 4 nitrogen and oxygen atoms in total. The fourth-order valence-corrected chi connectivity index (χ4v) is 3.72. The molecule has 3 rings (SSSR count). The normalized spacial score (nSPS) is 11.2. The van der Waals surface area contributed by atoms with Gasteiger partial charge in [-0.15, -0.1) is 0 Å². The lowest BCUT2D eigenvalue weighted by Gasteiger charge is -2.07. The molecule has 122 valence electrons. The Morgan fingerprint density at radius 1 is 0.708 bits per heavy atom. The largest absolute Gasteiger partial charge is 0.324 e. The van der Waals surface area contributed by atoms with E-state index in [1.165, 1.54) is 12.1 Å². The molecular weight excluding hydrogens is 344 g/mol. The Morgan fingerprint density at radius 2 is 1.12 bits per heavy atom. The first kappa shape index (κ1) is 16.5. The van der Waals surface area contributed by atoms with Gasteiger partial charge in [-0.3, -0.25) is 5.84 Å². The van der Waals surface area contributed by atoms with E-state index < -0.39 is 9.84 Å². The second-order valence-electron chi connectivity index (χ2n) is 5.20. The number of hydrogen-bond acceptors (Lipinski definition) is 4. The summed E-state index contributed by atoms with van der Waals surface area (Å²) in [4.78, 5) is 0.467. The maximum atomic E-state index is 12.7. The smallest absolute Gasteiger partial charge is 0.206 e. The summed E-state index contributed by atoms with van der Waals surface area (Å²) < 4.78 is 25.3. The van der Waals surface area contributed by atoms with E-state index in [-0.39, 0.29) is 9.79 Å². The predicted molar refractivity (Wildman–Crippen MR) is 96.6 cm³/mol. The van der Waals surface area contributed by atoms with Gasteiger partial charge in [-0.25, -0.2) is 8.42 Å². The zero-order valence-corrected chi connectivity index (χ0v) is 14.2. The number of nitrogens with two attached hydrogens (primary N) is 1. The number of halogens is 1. The van der Waals surface area contributed by atoms with Crippen LogP contribution in [0.15, 0.2) is 82.6 Å². The second kappa shape index (κ2) is 6.65. The zero-order chi connectivity index (χ0) is 17.2. The topological polar surface area (TPSA) is 72.2 Å². The molecule has 3 aromatic rings. The average Bonchev–Trinajstić information content (AvgIpc) is 2.62. The van der Waals surface area contributed by atoms with Crippen LogP contribution in [0.4, 0.5) is 5.69 Å². The van der Waals surface area contributed by atoms with Crippen molar-refractivity contribution in [1.29, 1.82) is 0 Å². The molecule has 3 aromatic carbocycles. The van der Waals surface area contributed by atoms with Crippen molar-refractivity contribution >= 4 is 27.1 Å². The van der Waals surface area contributed by atoms with Crippen molar-refractivity contribution in [3.8, 4) is 11.1 Å². The molecule has 6 heteroatoms. The third kappa shape index (κ3) is 3.28. The van der Waals surface area contributed by atoms with E-state index in [9.17, 15) is 8.42 Å². The summed E-state index contributed by atoms with van der Waals surface area (Å²) >= 11 is 5.88. The molecule has 0 radical (unpaired) electrons. The Labute approximate surface area is 145 Å². The van der Waals surface area contributed by atoms with Gasteiger partial charge in [0.1, 0.15) is 0 Å². The van der Waals surface area contributed by atoms with Crippen LogP contribution in [0.2, 0.25) is 5.02 Å². The van der Waals surface area contributed by atoms with E-state index in [1.54, 1.807) is 48.5 Å². The molecule has 0 heterocycles. The lowest BCUT2D eigenvalue weighted by atomic mass is 10.1. The summed E-state index contributed by atoms with van der Waals surface area (Å²) in [6, 6.07) is 20.5. The fraction of sp³-hybridized carbons (Fsp3) is 0. The molecular formula is C18H15ClN2O2S. The van der Waals surface area contributed by atoms with Crippen LogP contribution in [-0.2, 0) is 9.84 Å². The summed E-state index contributed by atoms with van der Waals surface area (Å²) in [6.07, 6.45) is 0. The first-order valence-corrected chi connectivity index (χ1v) is 9.04. The lowest BCUT2D eigenvalue weighted by molar-refractivity contribution is 0.596. The maximum absolute atomic E-state index is 12.7. The first-order chi connectivity index (χ1) is 11.5. The first-order valence-electron chi connectivity index (χ1n) is 7.18. The fourth-order valence-electron chi connectivity index (χ4n) is 2.34. The summed E-state index contributed by atoms with van der Waals surface area (Å²) in [7, 11) is -3.56.